The number of amides is 1. The van der Waals surface area contributed by atoms with Gasteiger partial charge in [0.15, 0.2) is 0 Å². The maximum absolute atomic E-state index is 13.1. The highest BCUT2D eigenvalue weighted by Crippen LogP contribution is 2.33. The number of hydrogen-bond donors (Lipinski definition) is 3. The van der Waals surface area contributed by atoms with Crippen LogP contribution in [0.5, 0.6) is 0 Å². The fourth-order valence-corrected chi connectivity index (χ4v) is 4.96. The van der Waals surface area contributed by atoms with E-state index in [1.165, 1.54) is 11.3 Å². The average Bonchev–Trinajstić information content (AvgIpc) is 3.60. The lowest BCUT2D eigenvalue weighted by Gasteiger charge is -2.25. The van der Waals surface area contributed by atoms with Gasteiger partial charge in [0, 0.05) is 41.6 Å². The Morgan fingerprint density at radius 1 is 1.21 bits per heavy atom. The van der Waals surface area contributed by atoms with Crippen molar-refractivity contribution in [2.45, 2.75) is 6.54 Å². The summed E-state index contributed by atoms with van der Waals surface area (Å²) in [4.78, 5) is 27.4. The zero-order valence-corrected chi connectivity index (χ0v) is 18.5. The van der Waals surface area contributed by atoms with Gasteiger partial charge >= 0.3 is 0 Å². The van der Waals surface area contributed by atoms with Crippen molar-refractivity contribution in [2.24, 2.45) is 0 Å². The summed E-state index contributed by atoms with van der Waals surface area (Å²) in [5.41, 5.74) is 4.74. The SMILES string of the molecule is O=C(Nc1cc(-c2ccnc3[nH]ccc23)cc2[nH]ncc12)c1csc(CN2CCOCC2)n1. The molecule has 4 aromatic heterocycles. The number of thiazole rings is 1. The third-order valence-corrected chi connectivity index (χ3v) is 6.66. The fraction of sp³-hybridized carbons (Fsp3) is 0.217. The van der Waals surface area contributed by atoms with E-state index >= 15 is 0 Å². The van der Waals surface area contributed by atoms with Gasteiger partial charge in [-0.3, -0.25) is 14.8 Å². The number of benzene rings is 1. The Bertz CT molecular complexity index is 1450. The molecule has 0 saturated carbocycles. The Morgan fingerprint density at radius 3 is 3.03 bits per heavy atom. The van der Waals surface area contributed by atoms with Gasteiger partial charge in [0.25, 0.3) is 5.91 Å². The van der Waals surface area contributed by atoms with Crippen molar-refractivity contribution in [3.63, 3.8) is 0 Å². The molecule has 0 bridgehead atoms. The highest BCUT2D eigenvalue weighted by atomic mass is 32.1. The van der Waals surface area contributed by atoms with Crippen LogP contribution < -0.4 is 5.32 Å². The number of anilines is 1. The Kier molecular flexibility index (Phi) is 5.10. The van der Waals surface area contributed by atoms with E-state index in [0.29, 0.717) is 11.4 Å². The molecule has 166 valence electrons. The van der Waals surface area contributed by atoms with Crippen molar-refractivity contribution in [1.29, 1.82) is 0 Å². The highest BCUT2D eigenvalue weighted by Gasteiger charge is 2.17. The topological polar surface area (TPSA) is 112 Å². The van der Waals surface area contributed by atoms with Crippen molar-refractivity contribution in [2.75, 3.05) is 31.6 Å². The number of aromatic nitrogens is 5. The van der Waals surface area contributed by atoms with Crippen LogP contribution in [0, 0.1) is 0 Å². The molecular formula is C23H21N7O2S. The molecule has 0 unspecified atom stereocenters. The summed E-state index contributed by atoms with van der Waals surface area (Å²) in [6.45, 7) is 3.98. The van der Waals surface area contributed by atoms with Gasteiger partial charge in [0.1, 0.15) is 16.3 Å². The quantitative estimate of drug-likeness (QED) is 0.370. The van der Waals surface area contributed by atoms with Gasteiger partial charge in [-0.15, -0.1) is 11.3 Å². The number of morpholine rings is 1. The molecule has 1 amide bonds. The number of aromatic amines is 2. The molecule has 3 N–H and O–H groups in total. The van der Waals surface area contributed by atoms with Gasteiger partial charge in [-0.25, -0.2) is 9.97 Å². The van der Waals surface area contributed by atoms with Crippen molar-refractivity contribution in [1.82, 2.24) is 30.0 Å². The summed E-state index contributed by atoms with van der Waals surface area (Å²) in [6, 6.07) is 7.97. The van der Waals surface area contributed by atoms with Gasteiger partial charge in [-0.1, -0.05) is 0 Å². The lowest BCUT2D eigenvalue weighted by Crippen LogP contribution is -2.35. The van der Waals surface area contributed by atoms with Gasteiger partial charge in [-0.05, 0) is 35.4 Å². The highest BCUT2D eigenvalue weighted by molar-refractivity contribution is 7.09. The number of nitrogens with zero attached hydrogens (tertiary/aromatic N) is 4. The molecule has 6 rings (SSSR count). The van der Waals surface area contributed by atoms with E-state index in [-0.39, 0.29) is 5.91 Å². The zero-order chi connectivity index (χ0) is 22.2. The monoisotopic (exact) mass is 459 g/mol. The first-order valence-corrected chi connectivity index (χ1v) is 11.6. The molecular weight excluding hydrogens is 438 g/mol. The number of nitrogens with one attached hydrogen (secondary N) is 3. The minimum Gasteiger partial charge on any atom is -0.379 e. The Morgan fingerprint density at radius 2 is 2.12 bits per heavy atom. The molecule has 9 nitrogen and oxygen atoms in total. The molecule has 1 aromatic carbocycles. The van der Waals surface area contributed by atoms with Gasteiger partial charge in [0.2, 0.25) is 0 Å². The minimum absolute atomic E-state index is 0.236. The van der Waals surface area contributed by atoms with Crippen LogP contribution in [-0.4, -0.2) is 62.3 Å². The number of pyridine rings is 1. The first kappa shape index (κ1) is 20.0. The van der Waals surface area contributed by atoms with Gasteiger partial charge in [-0.2, -0.15) is 5.10 Å². The van der Waals surface area contributed by atoms with Crippen LogP contribution in [0.25, 0.3) is 33.1 Å². The number of fused-ring (bicyclic) bond motifs is 2. The number of carbonyl (C=O) groups excluding carboxylic acids is 1. The maximum Gasteiger partial charge on any atom is 0.275 e. The summed E-state index contributed by atoms with van der Waals surface area (Å²) < 4.78 is 5.40. The number of rotatable bonds is 5. The smallest absolute Gasteiger partial charge is 0.275 e. The summed E-state index contributed by atoms with van der Waals surface area (Å²) in [7, 11) is 0. The fourth-order valence-electron chi connectivity index (χ4n) is 4.15. The van der Waals surface area contributed by atoms with Gasteiger partial charge < -0.3 is 15.0 Å². The van der Waals surface area contributed by atoms with Crippen LogP contribution >= 0.6 is 11.3 Å². The number of hydrogen-bond acceptors (Lipinski definition) is 7. The molecule has 1 aliphatic rings. The molecule has 33 heavy (non-hydrogen) atoms. The summed E-state index contributed by atoms with van der Waals surface area (Å²) >= 11 is 1.51. The van der Waals surface area contributed by atoms with Crippen molar-refractivity contribution in [3.8, 4) is 11.1 Å². The minimum atomic E-state index is -0.236. The van der Waals surface area contributed by atoms with Crippen LogP contribution in [0.15, 0.2) is 48.2 Å². The normalized spacial score (nSPS) is 14.8. The van der Waals surface area contributed by atoms with E-state index in [1.807, 2.05) is 35.8 Å². The standard InChI is InChI=1S/C23H21N7O2S/c31-23(20-13-33-21(27-20)12-30-5-7-32-8-6-30)28-18-9-14(10-19-17(18)11-26-29-19)15-1-3-24-22-16(15)2-4-25-22/h1-4,9-11,13H,5-8,12H2,(H,24,25)(H,26,29)(H,28,31). The second kappa shape index (κ2) is 8.39. The van der Waals surface area contributed by atoms with Crippen molar-refractivity contribution >= 4 is 44.9 Å². The number of carbonyl (C=O) groups is 1. The molecule has 0 radical (unpaired) electrons. The molecule has 1 saturated heterocycles. The van der Waals surface area contributed by atoms with E-state index in [1.54, 1.807) is 12.4 Å². The van der Waals surface area contributed by atoms with Crippen LogP contribution in [-0.2, 0) is 11.3 Å². The molecule has 1 aliphatic heterocycles. The molecule has 0 atom stereocenters. The summed E-state index contributed by atoms with van der Waals surface area (Å²) in [6.07, 6.45) is 5.36. The van der Waals surface area contributed by atoms with Crippen molar-refractivity contribution < 1.29 is 9.53 Å². The van der Waals surface area contributed by atoms with Crippen LogP contribution in [0.1, 0.15) is 15.5 Å². The van der Waals surface area contributed by atoms with Crippen LogP contribution in [0.4, 0.5) is 5.69 Å². The van der Waals surface area contributed by atoms with E-state index < -0.39 is 0 Å². The Labute approximate surface area is 192 Å². The molecule has 0 aliphatic carbocycles. The third-order valence-electron chi connectivity index (χ3n) is 5.83. The van der Waals surface area contributed by atoms with Crippen LogP contribution in [0.2, 0.25) is 0 Å². The summed E-state index contributed by atoms with van der Waals surface area (Å²) in [5, 5.41) is 14.8. The largest absolute Gasteiger partial charge is 0.379 e. The zero-order valence-electron chi connectivity index (χ0n) is 17.7. The van der Waals surface area contributed by atoms with Gasteiger partial charge in [0.05, 0.1) is 37.2 Å². The molecule has 1 fully saturated rings. The first-order valence-electron chi connectivity index (χ1n) is 10.7. The average molecular weight is 460 g/mol. The van der Waals surface area contributed by atoms with Crippen molar-refractivity contribution in [3.05, 3.63) is 58.9 Å². The molecule has 0 spiro atoms. The molecule has 5 aromatic rings. The number of H-pyrrole nitrogens is 2. The Balaban J connectivity index is 1.29. The van der Waals surface area contributed by atoms with E-state index in [4.69, 9.17) is 4.74 Å². The third kappa shape index (κ3) is 3.88. The second-order valence-electron chi connectivity index (χ2n) is 7.92. The number of ether oxygens (including phenoxy) is 1. The molecule has 10 heteroatoms. The Hall–Kier alpha value is -3.60. The van der Waals surface area contributed by atoms with E-state index in [9.17, 15) is 4.79 Å². The van der Waals surface area contributed by atoms with E-state index in [0.717, 1.165) is 70.9 Å². The second-order valence-corrected chi connectivity index (χ2v) is 8.87. The predicted molar refractivity (Wildman–Crippen MR) is 127 cm³/mol. The molecule has 5 heterocycles. The van der Waals surface area contributed by atoms with Crippen LogP contribution in [0.3, 0.4) is 0 Å². The maximum atomic E-state index is 13.1. The summed E-state index contributed by atoms with van der Waals surface area (Å²) in [5.74, 6) is -0.236. The predicted octanol–water partition coefficient (Wildman–Crippen LogP) is 3.65. The lowest BCUT2D eigenvalue weighted by molar-refractivity contribution is 0.0341. The van der Waals surface area contributed by atoms with E-state index in [2.05, 4.69) is 35.4 Å². The lowest BCUT2D eigenvalue weighted by atomic mass is 10.0. The first-order chi connectivity index (χ1) is 16.2.